The zero-order chi connectivity index (χ0) is 12.3. The van der Waals surface area contributed by atoms with Crippen LogP contribution in [-0.2, 0) is 0 Å². The molecule has 3 heteroatoms. The van der Waals surface area contributed by atoms with E-state index < -0.39 is 0 Å². The Morgan fingerprint density at radius 2 is 2.00 bits per heavy atom. The Hall–Kier alpha value is -0.930. The molecular formula is C13H21FN2. The van der Waals surface area contributed by atoms with Gasteiger partial charge in [-0.2, -0.15) is 0 Å². The molecule has 2 N–H and O–H groups in total. The second-order valence-corrected chi connectivity index (χ2v) is 4.51. The summed E-state index contributed by atoms with van der Waals surface area (Å²) in [6.07, 6.45) is 0. The molecule has 1 aromatic carbocycles. The van der Waals surface area contributed by atoms with Crippen LogP contribution in [0.4, 0.5) is 4.39 Å². The van der Waals surface area contributed by atoms with Crippen LogP contribution in [0.5, 0.6) is 0 Å². The van der Waals surface area contributed by atoms with Crippen LogP contribution in [0.25, 0.3) is 0 Å². The number of hydrogen-bond donors (Lipinski definition) is 1. The lowest BCUT2D eigenvalue weighted by molar-refractivity contribution is 0.200. The zero-order valence-corrected chi connectivity index (χ0v) is 10.5. The first kappa shape index (κ1) is 13.1. The number of halogens is 1. The van der Waals surface area contributed by atoms with Crippen LogP contribution < -0.4 is 5.73 Å². The minimum Gasteiger partial charge on any atom is -0.329 e. The average Bonchev–Trinajstić information content (AvgIpc) is 2.21. The minimum atomic E-state index is -0.191. The topological polar surface area (TPSA) is 29.3 Å². The Morgan fingerprint density at radius 3 is 2.44 bits per heavy atom. The first-order valence-electron chi connectivity index (χ1n) is 5.65. The molecule has 0 saturated heterocycles. The van der Waals surface area contributed by atoms with Gasteiger partial charge in [0.2, 0.25) is 0 Å². The lowest BCUT2D eigenvalue weighted by atomic mass is 9.99. The summed E-state index contributed by atoms with van der Waals surface area (Å²) in [6.45, 7) is 6.72. The van der Waals surface area contributed by atoms with Gasteiger partial charge in [0.05, 0.1) is 0 Å². The van der Waals surface area contributed by atoms with Crippen molar-refractivity contribution < 1.29 is 4.39 Å². The molecule has 0 heterocycles. The largest absolute Gasteiger partial charge is 0.329 e. The van der Waals surface area contributed by atoms with E-state index in [0.29, 0.717) is 12.6 Å². The van der Waals surface area contributed by atoms with Gasteiger partial charge in [-0.1, -0.05) is 6.07 Å². The first-order valence-corrected chi connectivity index (χ1v) is 5.65. The van der Waals surface area contributed by atoms with E-state index in [0.717, 1.165) is 11.1 Å². The Morgan fingerprint density at radius 1 is 1.38 bits per heavy atom. The van der Waals surface area contributed by atoms with Crippen LogP contribution >= 0.6 is 0 Å². The molecule has 16 heavy (non-hydrogen) atoms. The van der Waals surface area contributed by atoms with Crippen LogP contribution in [0.1, 0.15) is 31.0 Å². The fourth-order valence-electron chi connectivity index (χ4n) is 1.89. The number of nitrogens with two attached hydrogens (primary N) is 1. The van der Waals surface area contributed by atoms with Crippen molar-refractivity contribution in [2.24, 2.45) is 5.73 Å². The minimum absolute atomic E-state index is 0.153. The van der Waals surface area contributed by atoms with E-state index in [1.54, 1.807) is 6.07 Å². The Kier molecular flexibility index (Phi) is 4.44. The molecule has 0 aliphatic heterocycles. The van der Waals surface area contributed by atoms with Crippen LogP contribution in [0.2, 0.25) is 0 Å². The normalized spacial score (nSPS) is 13.5. The maximum absolute atomic E-state index is 13.0. The SMILES string of the molecule is Cc1cc(F)ccc1C(CN)N(C)C(C)C. The predicted molar refractivity (Wildman–Crippen MR) is 65.8 cm³/mol. The van der Waals surface area contributed by atoms with Crippen LogP contribution in [0, 0.1) is 12.7 Å². The van der Waals surface area contributed by atoms with E-state index in [1.165, 1.54) is 6.07 Å². The maximum Gasteiger partial charge on any atom is 0.123 e. The lowest BCUT2D eigenvalue weighted by Crippen LogP contribution is -2.35. The number of likely N-dealkylation sites (N-methyl/N-ethyl adjacent to an activating group) is 1. The highest BCUT2D eigenvalue weighted by atomic mass is 19.1. The molecule has 0 aromatic heterocycles. The molecule has 90 valence electrons. The van der Waals surface area contributed by atoms with Gasteiger partial charge in [0.15, 0.2) is 0 Å². The molecule has 1 aromatic rings. The smallest absolute Gasteiger partial charge is 0.123 e. The van der Waals surface area contributed by atoms with E-state index in [9.17, 15) is 4.39 Å². The van der Waals surface area contributed by atoms with Gasteiger partial charge in [-0.05, 0) is 51.1 Å². The van der Waals surface area contributed by atoms with Crippen molar-refractivity contribution >= 4 is 0 Å². The molecule has 0 bridgehead atoms. The number of rotatable bonds is 4. The molecule has 2 nitrogen and oxygen atoms in total. The average molecular weight is 224 g/mol. The van der Waals surface area contributed by atoms with Gasteiger partial charge < -0.3 is 5.73 Å². The fourth-order valence-corrected chi connectivity index (χ4v) is 1.89. The van der Waals surface area contributed by atoms with Gasteiger partial charge in [0.1, 0.15) is 5.82 Å². The summed E-state index contributed by atoms with van der Waals surface area (Å²) in [4.78, 5) is 2.21. The molecule has 0 aliphatic carbocycles. The number of nitrogens with zero attached hydrogens (tertiary/aromatic N) is 1. The highest BCUT2D eigenvalue weighted by Gasteiger charge is 2.19. The van der Waals surface area contributed by atoms with Crippen LogP contribution in [-0.4, -0.2) is 24.5 Å². The summed E-state index contributed by atoms with van der Waals surface area (Å²) in [5.41, 5.74) is 7.89. The highest BCUT2D eigenvalue weighted by molar-refractivity contribution is 5.30. The van der Waals surface area contributed by atoms with Crippen molar-refractivity contribution in [3.8, 4) is 0 Å². The Bertz CT molecular complexity index is 350. The summed E-state index contributed by atoms with van der Waals surface area (Å²) in [6, 6.07) is 5.46. The standard InChI is InChI=1S/C13H21FN2/c1-9(2)16(4)13(8-15)12-6-5-11(14)7-10(12)3/h5-7,9,13H,8,15H2,1-4H3. The van der Waals surface area contributed by atoms with Crippen molar-refractivity contribution in [3.63, 3.8) is 0 Å². The van der Waals surface area contributed by atoms with Gasteiger partial charge in [-0.15, -0.1) is 0 Å². The summed E-state index contributed by atoms with van der Waals surface area (Å²) >= 11 is 0. The molecule has 0 spiro atoms. The van der Waals surface area contributed by atoms with E-state index in [1.807, 2.05) is 20.0 Å². The lowest BCUT2D eigenvalue weighted by Gasteiger charge is -2.31. The maximum atomic E-state index is 13.0. The van der Waals surface area contributed by atoms with E-state index in [4.69, 9.17) is 5.73 Å². The molecule has 0 radical (unpaired) electrons. The number of benzene rings is 1. The van der Waals surface area contributed by atoms with Gasteiger partial charge in [0.25, 0.3) is 0 Å². The number of hydrogen-bond acceptors (Lipinski definition) is 2. The van der Waals surface area contributed by atoms with Crippen LogP contribution in [0.15, 0.2) is 18.2 Å². The zero-order valence-electron chi connectivity index (χ0n) is 10.5. The first-order chi connectivity index (χ1) is 7.47. The van der Waals surface area contributed by atoms with Gasteiger partial charge >= 0.3 is 0 Å². The monoisotopic (exact) mass is 224 g/mol. The van der Waals surface area contributed by atoms with Crippen molar-refractivity contribution in [2.45, 2.75) is 32.9 Å². The van der Waals surface area contributed by atoms with E-state index in [-0.39, 0.29) is 11.9 Å². The quantitative estimate of drug-likeness (QED) is 0.851. The second kappa shape index (κ2) is 5.41. The predicted octanol–water partition coefficient (Wildman–Crippen LogP) is 2.47. The molecule has 1 unspecified atom stereocenters. The third kappa shape index (κ3) is 2.80. The highest BCUT2D eigenvalue weighted by Crippen LogP contribution is 2.24. The summed E-state index contributed by atoms with van der Waals surface area (Å²) in [5.74, 6) is -0.191. The molecule has 0 amide bonds. The van der Waals surface area contributed by atoms with Gasteiger partial charge in [0, 0.05) is 18.6 Å². The third-order valence-electron chi connectivity index (χ3n) is 3.12. The number of aryl methyl sites for hydroxylation is 1. The van der Waals surface area contributed by atoms with Gasteiger partial charge in [-0.3, -0.25) is 4.90 Å². The van der Waals surface area contributed by atoms with E-state index in [2.05, 4.69) is 18.7 Å². The second-order valence-electron chi connectivity index (χ2n) is 4.51. The molecule has 0 aliphatic rings. The van der Waals surface area contributed by atoms with Gasteiger partial charge in [-0.25, -0.2) is 4.39 Å². The fraction of sp³-hybridized carbons (Fsp3) is 0.538. The Labute approximate surface area is 97.3 Å². The molecule has 0 fully saturated rings. The third-order valence-corrected chi connectivity index (χ3v) is 3.12. The van der Waals surface area contributed by atoms with Crippen LogP contribution in [0.3, 0.4) is 0 Å². The summed E-state index contributed by atoms with van der Waals surface area (Å²) in [7, 11) is 2.05. The molecule has 1 atom stereocenters. The van der Waals surface area contributed by atoms with E-state index >= 15 is 0 Å². The molecular weight excluding hydrogens is 203 g/mol. The summed E-state index contributed by atoms with van der Waals surface area (Å²) in [5, 5.41) is 0. The van der Waals surface area contributed by atoms with Crippen molar-refractivity contribution in [2.75, 3.05) is 13.6 Å². The van der Waals surface area contributed by atoms with Crippen molar-refractivity contribution in [1.82, 2.24) is 4.90 Å². The molecule has 0 saturated carbocycles. The summed E-state index contributed by atoms with van der Waals surface area (Å²) < 4.78 is 13.0. The Balaban J connectivity index is 3.04. The van der Waals surface area contributed by atoms with Crippen molar-refractivity contribution in [3.05, 3.63) is 35.1 Å². The van der Waals surface area contributed by atoms with Crippen molar-refractivity contribution in [1.29, 1.82) is 0 Å². The molecule has 1 rings (SSSR count).